The van der Waals surface area contributed by atoms with Crippen molar-refractivity contribution in [2.75, 3.05) is 12.4 Å². The second-order valence-corrected chi connectivity index (χ2v) is 5.59. The summed E-state index contributed by atoms with van der Waals surface area (Å²) in [6.07, 6.45) is 1.66. The van der Waals surface area contributed by atoms with Crippen molar-refractivity contribution < 1.29 is 9.15 Å². The number of nitrogens with one attached hydrogen (secondary N) is 2. The van der Waals surface area contributed by atoms with E-state index in [0.29, 0.717) is 5.11 Å². The van der Waals surface area contributed by atoms with Crippen molar-refractivity contribution in [3.63, 3.8) is 0 Å². The second kappa shape index (κ2) is 7.66. The summed E-state index contributed by atoms with van der Waals surface area (Å²) in [5.41, 5.74) is 1.96. The van der Waals surface area contributed by atoms with E-state index in [-0.39, 0.29) is 6.04 Å². The Kier molecular flexibility index (Phi) is 5.13. The molecule has 0 radical (unpaired) electrons. The summed E-state index contributed by atoms with van der Waals surface area (Å²) < 4.78 is 10.7. The summed E-state index contributed by atoms with van der Waals surface area (Å²) in [6.45, 7) is 0. The lowest BCUT2D eigenvalue weighted by Crippen LogP contribution is -2.32. The van der Waals surface area contributed by atoms with Gasteiger partial charge >= 0.3 is 0 Å². The summed E-state index contributed by atoms with van der Waals surface area (Å²) in [6, 6.07) is 21.3. The van der Waals surface area contributed by atoms with Gasteiger partial charge in [-0.2, -0.15) is 0 Å². The Labute approximate surface area is 146 Å². The van der Waals surface area contributed by atoms with Crippen LogP contribution < -0.4 is 15.4 Å². The Morgan fingerprint density at radius 3 is 2.38 bits per heavy atom. The van der Waals surface area contributed by atoms with Crippen LogP contribution in [-0.4, -0.2) is 12.2 Å². The van der Waals surface area contributed by atoms with Crippen molar-refractivity contribution in [1.82, 2.24) is 5.32 Å². The Balaban J connectivity index is 1.73. The van der Waals surface area contributed by atoms with Crippen molar-refractivity contribution in [3.05, 3.63) is 84.3 Å². The first-order valence-electron chi connectivity index (χ1n) is 7.56. The lowest BCUT2D eigenvalue weighted by molar-refractivity contribution is 0.415. The highest BCUT2D eigenvalue weighted by Crippen LogP contribution is 2.23. The molecule has 0 aliphatic carbocycles. The molecule has 2 aromatic carbocycles. The summed E-state index contributed by atoms with van der Waals surface area (Å²) in [4.78, 5) is 0. The number of thiocarbonyl (C=S) groups is 1. The normalized spacial score (nSPS) is 11.5. The van der Waals surface area contributed by atoms with E-state index in [4.69, 9.17) is 21.4 Å². The van der Waals surface area contributed by atoms with Crippen molar-refractivity contribution in [3.8, 4) is 5.75 Å². The van der Waals surface area contributed by atoms with Gasteiger partial charge in [0.15, 0.2) is 5.11 Å². The lowest BCUT2D eigenvalue weighted by Gasteiger charge is -2.19. The van der Waals surface area contributed by atoms with E-state index in [9.17, 15) is 0 Å². The Morgan fingerprint density at radius 2 is 1.75 bits per heavy atom. The number of rotatable bonds is 5. The molecule has 0 bridgehead atoms. The molecule has 1 aromatic heterocycles. The van der Waals surface area contributed by atoms with Gasteiger partial charge in [-0.05, 0) is 54.2 Å². The molecule has 0 aliphatic rings. The molecule has 3 rings (SSSR count). The molecule has 24 heavy (non-hydrogen) atoms. The van der Waals surface area contributed by atoms with E-state index in [1.54, 1.807) is 13.4 Å². The molecule has 1 atom stereocenters. The van der Waals surface area contributed by atoms with Crippen molar-refractivity contribution in [2.24, 2.45) is 0 Å². The van der Waals surface area contributed by atoms with Crippen molar-refractivity contribution in [1.29, 1.82) is 0 Å². The van der Waals surface area contributed by atoms with Gasteiger partial charge < -0.3 is 19.8 Å². The molecule has 0 aliphatic heterocycles. The summed E-state index contributed by atoms with van der Waals surface area (Å²) >= 11 is 5.45. The molecule has 1 heterocycles. The van der Waals surface area contributed by atoms with Gasteiger partial charge in [0.25, 0.3) is 0 Å². The van der Waals surface area contributed by atoms with E-state index in [1.165, 1.54) is 0 Å². The van der Waals surface area contributed by atoms with Crippen LogP contribution in [0.15, 0.2) is 77.4 Å². The standard InChI is InChI=1S/C19H18N2O2S/c1-22-16-11-9-15(10-12-16)20-19(24)21-18(17-8-5-13-23-17)14-6-3-2-4-7-14/h2-13,18H,1H3,(H2,20,21,24)/t18-/m0/s1. The van der Waals surface area contributed by atoms with Crippen LogP contribution in [0.4, 0.5) is 5.69 Å². The maximum absolute atomic E-state index is 5.56. The zero-order valence-electron chi connectivity index (χ0n) is 13.2. The number of ether oxygens (including phenoxy) is 1. The van der Waals surface area contributed by atoms with Crippen LogP contribution >= 0.6 is 12.2 Å². The molecule has 122 valence electrons. The average molecular weight is 338 g/mol. The maximum atomic E-state index is 5.56. The van der Waals surface area contributed by atoms with E-state index in [0.717, 1.165) is 22.8 Å². The van der Waals surface area contributed by atoms with E-state index in [2.05, 4.69) is 10.6 Å². The Bertz CT molecular complexity index is 771. The van der Waals surface area contributed by atoms with Gasteiger partial charge in [-0.3, -0.25) is 0 Å². The molecule has 2 N–H and O–H groups in total. The fourth-order valence-corrected chi connectivity index (χ4v) is 2.63. The van der Waals surface area contributed by atoms with E-state index >= 15 is 0 Å². The third-order valence-electron chi connectivity index (χ3n) is 3.58. The van der Waals surface area contributed by atoms with Crippen LogP contribution in [-0.2, 0) is 0 Å². The third-order valence-corrected chi connectivity index (χ3v) is 3.80. The largest absolute Gasteiger partial charge is 0.497 e. The Morgan fingerprint density at radius 1 is 1.00 bits per heavy atom. The predicted molar refractivity (Wildman–Crippen MR) is 99.3 cm³/mol. The molecule has 3 aromatic rings. The fourth-order valence-electron chi connectivity index (χ4n) is 2.39. The van der Waals surface area contributed by atoms with Crippen LogP contribution in [0, 0.1) is 0 Å². The number of anilines is 1. The highest BCUT2D eigenvalue weighted by atomic mass is 32.1. The van der Waals surface area contributed by atoms with Crippen LogP contribution in [0.3, 0.4) is 0 Å². The van der Waals surface area contributed by atoms with Crippen LogP contribution in [0.5, 0.6) is 5.75 Å². The minimum Gasteiger partial charge on any atom is -0.497 e. The van der Waals surface area contributed by atoms with E-state index < -0.39 is 0 Å². The predicted octanol–water partition coefficient (Wildman–Crippen LogP) is 4.36. The van der Waals surface area contributed by atoms with E-state index in [1.807, 2.05) is 66.7 Å². The average Bonchev–Trinajstić information content (AvgIpc) is 3.15. The first-order chi connectivity index (χ1) is 11.8. The molecule has 5 heteroatoms. The van der Waals surface area contributed by atoms with Gasteiger partial charge in [-0.25, -0.2) is 0 Å². The van der Waals surface area contributed by atoms with Gasteiger partial charge in [0.1, 0.15) is 17.6 Å². The smallest absolute Gasteiger partial charge is 0.171 e. The third kappa shape index (κ3) is 3.94. The van der Waals surface area contributed by atoms with Gasteiger partial charge in [0.05, 0.1) is 13.4 Å². The van der Waals surface area contributed by atoms with Gasteiger partial charge in [0, 0.05) is 5.69 Å². The highest BCUT2D eigenvalue weighted by molar-refractivity contribution is 7.80. The quantitative estimate of drug-likeness (QED) is 0.677. The molecular weight excluding hydrogens is 320 g/mol. The molecule has 0 saturated heterocycles. The van der Waals surface area contributed by atoms with Gasteiger partial charge in [0.2, 0.25) is 0 Å². The number of furan rings is 1. The lowest BCUT2D eigenvalue weighted by atomic mass is 10.1. The minimum atomic E-state index is -0.153. The molecule has 0 unspecified atom stereocenters. The molecule has 0 saturated carbocycles. The highest BCUT2D eigenvalue weighted by Gasteiger charge is 2.17. The minimum absolute atomic E-state index is 0.153. The van der Waals surface area contributed by atoms with Gasteiger partial charge in [-0.1, -0.05) is 30.3 Å². The molecular formula is C19H18N2O2S. The molecule has 0 spiro atoms. The summed E-state index contributed by atoms with van der Waals surface area (Å²) in [7, 11) is 1.64. The Hall–Kier alpha value is -2.79. The number of benzene rings is 2. The molecule has 0 fully saturated rings. The number of hydrogen-bond donors (Lipinski definition) is 2. The zero-order valence-corrected chi connectivity index (χ0v) is 14.0. The first-order valence-corrected chi connectivity index (χ1v) is 7.97. The number of methoxy groups -OCH3 is 1. The van der Waals surface area contributed by atoms with Gasteiger partial charge in [-0.15, -0.1) is 0 Å². The first kappa shape index (κ1) is 16.1. The zero-order chi connectivity index (χ0) is 16.8. The fraction of sp³-hybridized carbons (Fsp3) is 0.105. The van der Waals surface area contributed by atoms with Crippen LogP contribution in [0.1, 0.15) is 17.4 Å². The SMILES string of the molecule is COc1ccc(NC(=S)N[C@@H](c2ccccc2)c2ccco2)cc1. The van der Waals surface area contributed by atoms with Crippen LogP contribution in [0.25, 0.3) is 0 Å². The second-order valence-electron chi connectivity index (χ2n) is 5.19. The summed E-state index contributed by atoms with van der Waals surface area (Å²) in [5, 5.41) is 7.01. The van der Waals surface area contributed by atoms with Crippen molar-refractivity contribution in [2.45, 2.75) is 6.04 Å². The molecule has 0 amide bonds. The maximum Gasteiger partial charge on any atom is 0.171 e. The summed E-state index contributed by atoms with van der Waals surface area (Å²) in [5.74, 6) is 1.61. The van der Waals surface area contributed by atoms with Crippen LogP contribution in [0.2, 0.25) is 0 Å². The monoisotopic (exact) mass is 338 g/mol. The van der Waals surface area contributed by atoms with Crippen molar-refractivity contribution >= 4 is 23.0 Å². The number of hydrogen-bond acceptors (Lipinski definition) is 3. The molecule has 4 nitrogen and oxygen atoms in total. The topological polar surface area (TPSA) is 46.4 Å².